The van der Waals surface area contributed by atoms with Crippen LogP contribution < -0.4 is 5.73 Å². The molecule has 0 saturated carbocycles. The first kappa shape index (κ1) is 11.8. The molecule has 0 aromatic carbocycles. The maximum Gasteiger partial charge on any atom is 0.255 e. The van der Waals surface area contributed by atoms with Crippen LogP contribution in [0.25, 0.3) is 0 Å². The van der Waals surface area contributed by atoms with Crippen molar-refractivity contribution in [3.63, 3.8) is 0 Å². The minimum atomic E-state index is -0.645. The Morgan fingerprint density at radius 1 is 1.56 bits per heavy atom. The fourth-order valence-corrected chi connectivity index (χ4v) is 2.80. The predicted octanol–water partition coefficient (Wildman–Crippen LogP) is 0.833. The van der Waals surface area contributed by atoms with E-state index in [1.807, 2.05) is 6.92 Å². The molecular weight excluding hydrogens is 224 g/mol. The molecule has 0 spiro atoms. The summed E-state index contributed by atoms with van der Waals surface area (Å²) in [5.41, 5.74) is 5.02. The van der Waals surface area contributed by atoms with Crippen LogP contribution in [0, 0.1) is 0 Å². The lowest BCUT2D eigenvalue weighted by Crippen LogP contribution is -2.51. The molecule has 2 rings (SSSR count). The lowest BCUT2D eigenvalue weighted by atomic mass is 10.0. The summed E-state index contributed by atoms with van der Waals surface area (Å²) in [5, 5.41) is 0. The molecule has 2 heterocycles. The zero-order valence-corrected chi connectivity index (χ0v) is 10.4. The number of hydrogen-bond acceptors (Lipinski definition) is 3. The van der Waals surface area contributed by atoms with E-state index in [1.165, 1.54) is 0 Å². The van der Waals surface area contributed by atoms with Gasteiger partial charge in [-0.3, -0.25) is 4.79 Å². The topological polar surface area (TPSA) is 55.6 Å². The molecule has 2 aliphatic heterocycles. The maximum absolute atomic E-state index is 12.4. The van der Waals surface area contributed by atoms with Crippen molar-refractivity contribution < 1.29 is 9.53 Å². The van der Waals surface area contributed by atoms with Gasteiger partial charge in [0, 0.05) is 13.2 Å². The Balaban J connectivity index is 2.12. The van der Waals surface area contributed by atoms with Gasteiger partial charge >= 0.3 is 0 Å². The van der Waals surface area contributed by atoms with Crippen LogP contribution in [-0.4, -0.2) is 40.6 Å². The third kappa shape index (κ3) is 1.94. The Morgan fingerprint density at radius 2 is 2.31 bits per heavy atom. The summed E-state index contributed by atoms with van der Waals surface area (Å²) in [6.45, 7) is 3.30. The van der Waals surface area contributed by atoms with E-state index in [9.17, 15) is 4.79 Å². The van der Waals surface area contributed by atoms with E-state index in [2.05, 4.69) is 0 Å². The Kier molecular flexibility index (Phi) is 3.17. The minimum Gasteiger partial charge on any atom is -0.392 e. The van der Waals surface area contributed by atoms with Crippen LogP contribution in [0.3, 0.4) is 0 Å². The van der Waals surface area contributed by atoms with E-state index >= 15 is 0 Å². The molecule has 0 radical (unpaired) electrons. The highest BCUT2D eigenvalue weighted by Gasteiger charge is 2.44. The monoisotopic (exact) mass is 242 g/mol. The van der Waals surface area contributed by atoms with Crippen molar-refractivity contribution in [2.75, 3.05) is 13.2 Å². The molecule has 0 aliphatic carbocycles. The molecule has 90 valence electrons. The number of ether oxygens (including phenoxy) is 1. The van der Waals surface area contributed by atoms with Crippen LogP contribution in [0.1, 0.15) is 32.6 Å². The first-order valence-electron chi connectivity index (χ1n) is 5.79. The van der Waals surface area contributed by atoms with Crippen molar-refractivity contribution in [2.45, 2.75) is 44.2 Å². The molecule has 2 N–H and O–H groups in total. The van der Waals surface area contributed by atoms with Crippen molar-refractivity contribution in [1.29, 1.82) is 0 Å². The molecule has 0 aromatic heterocycles. The minimum absolute atomic E-state index is 0.0558. The zero-order chi connectivity index (χ0) is 11.8. The molecule has 2 aliphatic rings. The van der Waals surface area contributed by atoms with E-state index < -0.39 is 5.60 Å². The second-order valence-electron chi connectivity index (χ2n) is 4.74. The molecule has 0 bridgehead atoms. The average Bonchev–Trinajstić information content (AvgIpc) is 2.85. The second kappa shape index (κ2) is 4.30. The quantitative estimate of drug-likeness (QED) is 0.729. The molecule has 2 saturated heterocycles. The number of thiocarbonyl (C=S) groups is 1. The van der Waals surface area contributed by atoms with Crippen molar-refractivity contribution in [3.8, 4) is 0 Å². The number of nitrogens with zero attached hydrogens (tertiary/aromatic N) is 1. The maximum atomic E-state index is 12.4. The molecule has 5 heteroatoms. The third-order valence-electron chi connectivity index (χ3n) is 3.51. The van der Waals surface area contributed by atoms with Gasteiger partial charge in [0.05, 0.1) is 11.0 Å². The largest absolute Gasteiger partial charge is 0.392 e. The number of nitrogens with two attached hydrogens (primary N) is 1. The first-order chi connectivity index (χ1) is 7.54. The molecule has 2 atom stereocenters. The van der Waals surface area contributed by atoms with E-state index in [-0.39, 0.29) is 11.9 Å². The number of likely N-dealkylation sites (tertiary alicyclic amines) is 1. The summed E-state index contributed by atoms with van der Waals surface area (Å²) in [7, 11) is 0. The van der Waals surface area contributed by atoms with Crippen molar-refractivity contribution >= 4 is 23.1 Å². The van der Waals surface area contributed by atoms with Gasteiger partial charge in [0.1, 0.15) is 5.60 Å². The van der Waals surface area contributed by atoms with Crippen LogP contribution in [0.4, 0.5) is 0 Å². The summed E-state index contributed by atoms with van der Waals surface area (Å²) in [6.07, 6.45) is 3.61. The lowest BCUT2D eigenvalue weighted by Gasteiger charge is -2.31. The highest BCUT2D eigenvalue weighted by atomic mass is 32.1. The van der Waals surface area contributed by atoms with Gasteiger partial charge in [-0.25, -0.2) is 0 Å². The summed E-state index contributed by atoms with van der Waals surface area (Å²) >= 11 is 5.01. The third-order valence-corrected chi connectivity index (χ3v) is 3.79. The number of rotatable bonds is 2. The smallest absolute Gasteiger partial charge is 0.255 e. The van der Waals surface area contributed by atoms with Crippen LogP contribution >= 0.6 is 12.2 Å². The van der Waals surface area contributed by atoms with E-state index in [4.69, 9.17) is 22.7 Å². The average molecular weight is 242 g/mol. The Morgan fingerprint density at radius 3 is 2.88 bits per heavy atom. The number of hydrogen-bond donors (Lipinski definition) is 1. The standard InChI is InChI=1S/C11H18N2O2S/c1-11(5-3-7-15-11)10(14)13-6-2-4-8(13)9(12)16/h8H,2-7H2,1H3,(H2,12,16). The van der Waals surface area contributed by atoms with Gasteiger partial charge in [0.15, 0.2) is 0 Å². The molecule has 2 unspecified atom stereocenters. The highest BCUT2D eigenvalue weighted by Crippen LogP contribution is 2.30. The highest BCUT2D eigenvalue weighted by molar-refractivity contribution is 7.80. The zero-order valence-electron chi connectivity index (χ0n) is 9.57. The van der Waals surface area contributed by atoms with Gasteiger partial charge in [-0.05, 0) is 32.6 Å². The van der Waals surface area contributed by atoms with Gasteiger partial charge in [-0.15, -0.1) is 0 Å². The Bertz CT molecular complexity index is 313. The summed E-state index contributed by atoms with van der Waals surface area (Å²) < 4.78 is 5.57. The van der Waals surface area contributed by atoms with Crippen molar-refractivity contribution in [3.05, 3.63) is 0 Å². The van der Waals surface area contributed by atoms with Gasteiger partial charge in [0.25, 0.3) is 5.91 Å². The molecular formula is C11H18N2O2S. The summed E-state index contributed by atoms with van der Waals surface area (Å²) in [6, 6.07) is -0.0662. The van der Waals surface area contributed by atoms with E-state index in [0.717, 1.165) is 32.2 Å². The summed E-state index contributed by atoms with van der Waals surface area (Å²) in [4.78, 5) is 14.6. The van der Waals surface area contributed by atoms with Gasteiger partial charge in [-0.2, -0.15) is 0 Å². The SMILES string of the molecule is CC1(C(=O)N2CCCC2C(N)=S)CCCO1. The molecule has 16 heavy (non-hydrogen) atoms. The summed E-state index contributed by atoms with van der Waals surface area (Å²) in [5.74, 6) is 0.0558. The van der Waals surface area contributed by atoms with Crippen LogP contribution in [0.15, 0.2) is 0 Å². The fourth-order valence-electron chi connectivity index (χ4n) is 2.56. The fraction of sp³-hybridized carbons (Fsp3) is 0.818. The molecule has 0 aromatic rings. The van der Waals surface area contributed by atoms with Crippen molar-refractivity contribution in [2.24, 2.45) is 5.73 Å². The van der Waals surface area contributed by atoms with E-state index in [1.54, 1.807) is 4.90 Å². The van der Waals surface area contributed by atoms with Gasteiger partial charge < -0.3 is 15.4 Å². The van der Waals surface area contributed by atoms with Crippen LogP contribution in [-0.2, 0) is 9.53 Å². The van der Waals surface area contributed by atoms with Crippen molar-refractivity contribution in [1.82, 2.24) is 4.90 Å². The molecule has 4 nitrogen and oxygen atoms in total. The number of amides is 1. The normalized spacial score (nSPS) is 34.3. The van der Waals surface area contributed by atoms with Gasteiger partial charge in [-0.1, -0.05) is 12.2 Å². The Labute approximate surface area is 101 Å². The second-order valence-corrected chi connectivity index (χ2v) is 5.21. The number of carbonyl (C=O) groups is 1. The predicted molar refractivity (Wildman–Crippen MR) is 65.1 cm³/mol. The Hall–Kier alpha value is -0.680. The molecule has 2 fully saturated rings. The van der Waals surface area contributed by atoms with Crippen LogP contribution in [0.2, 0.25) is 0 Å². The molecule has 1 amide bonds. The van der Waals surface area contributed by atoms with E-state index in [0.29, 0.717) is 11.6 Å². The van der Waals surface area contributed by atoms with Gasteiger partial charge in [0.2, 0.25) is 0 Å². The first-order valence-corrected chi connectivity index (χ1v) is 6.20. The van der Waals surface area contributed by atoms with Crippen LogP contribution in [0.5, 0.6) is 0 Å². The number of carbonyl (C=O) groups excluding carboxylic acids is 1. The lowest BCUT2D eigenvalue weighted by molar-refractivity contribution is -0.150.